The van der Waals surface area contributed by atoms with Crippen molar-refractivity contribution in [3.63, 3.8) is 0 Å². The first-order chi connectivity index (χ1) is 18.4. The molecule has 0 radical (unpaired) electrons. The number of benzene rings is 3. The standard InChI is InChI=1S/C28H37N2O7PS/c1-4-20(2)37-38(33,34)25-13-11-23(12-14-25)26(17-21-8-6-5-7-9-21)29-19-24(31)16-22-10-15-28(32)27(18-22)30-39(3,35)36/h5-15,18,20,24,26,29-32H,4,16-17,19H2,1-3H3,(H,33,34). The van der Waals surface area contributed by atoms with E-state index in [1.165, 1.54) is 12.1 Å². The van der Waals surface area contributed by atoms with Crippen LogP contribution in [0.5, 0.6) is 5.75 Å². The van der Waals surface area contributed by atoms with E-state index < -0.39 is 23.7 Å². The molecule has 4 atom stereocenters. The van der Waals surface area contributed by atoms with Crippen molar-refractivity contribution in [3.05, 3.63) is 89.5 Å². The number of phenols is 1. The Hall–Kier alpha value is -2.72. The number of hydrogen-bond acceptors (Lipinski definition) is 7. The van der Waals surface area contributed by atoms with Crippen LogP contribution in [0, 0.1) is 0 Å². The van der Waals surface area contributed by atoms with Crippen molar-refractivity contribution < 1.29 is 32.6 Å². The van der Waals surface area contributed by atoms with Crippen molar-refractivity contribution in [3.8, 4) is 5.75 Å². The summed E-state index contributed by atoms with van der Waals surface area (Å²) in [5, 5.41) is 24.3. The third kappa shape index (κ3) is 9.76. The lowest BCUT2D eigenvalue weighted by Gasteiger charge is -2.23. The van der Waals surface area contributed by atoms with Crippen LogP contribution < -0.4 is 15.3 Å². The highest BCUT2D eigenvalue weighted by atomic mass is 32.2. The lowest BCUT2D eigenvalue weighted by atomic mass is 9.98. The second-order valence-corrected chi connectivity index (χ2v) is 13.2. The van der Waals surface area contributed by atoms with Gasteiger partial charge in [-0.2, -0.15) is 0 Å². The van der Waals surface area contributed by atoms with Crippen LogP contribution in [0.3, 0.4) is 0 Å². The number of sulfonamides is 1. The number of hydrogen-bond donors (Lipinski definition) is 5. The van der Waals surface area contributed by atoms with Gasteiger partial charge in [-0.15, -0.1) is 0 Å². The average Bonchev–Trinajstić information content (AvgIpc) is 2.88. The molecule has 5 N–H and O–H groups in total. The summed E-state index contributed by atoms with van der Waals surface area (Å²) in [7, 11) is -7.52. The molecule has 0 aliphatic rings. The van der Waals surface area contributed by atoms with Gasteiger partial charge < -0.3 is 24.9 Å². The highest BCUT2D eigenvalue weighted by molar-refractivity contribution is 7.92. The second-order valence-electron chi connectivity index (χ2n) is 9.67. The van der Waals surface area contributed by atoms with E-state index in [1.807, 2.05) is 37.3 Å². The Balaban J connectivity index is 1.74. The zero-order chi connectivity index (χ0) is 28.6. The van der Waals surface area contributed by atoms with Crippen LogP contribution in [0.1, 0.15) is 43.0 Å². The van der Waals surface area contributed by atoms with Gasteiger partial charge in [0.15, 0.2) is 0 Å². The number of aliphatic hydroxyl groups is 1. The van der Waals surface area contributed by atoms with E-state index in [0.717, 1.165) is 17.4 Å². The smallest absolute Gasteiger partial charge is 0.359 e. The summed E-state index contributed by atoms with van der Waals surface area (Å²) in [5.74, 6) is -0.204. The molecule has 4 unspecified atom stereocenters. The summed E-state index contributed by atoms with van der Waals surface area (Å²) < 4.78 is 43.5. The topological polar surface area (TPSA) is 145 Å². The molecule has 0 fully saturated rings. The summed E-state index contributed by atoms with van der Waals surface area (Å²) in [6, 6.07) is 20.9. The monoisotopic (exact) mass is 576 g/mol. The minimum absolute atomic E-state index is 0.0516. The zero-order valence-corrected chi connectivity index (χ0v) is 24.0. The van der Waals surface area contributed by atoms with Crippen LogP contribution in [-0.2, 0) is 32.0 Å². The third-order valence-electron chi connectivity index (χ3n) is 6.23. The molecule has 0 aliphatic heterocycles. The summed E-state index contributed by atoms with van der Waals surface area (Å²) in [6.45, 7) is 3.86. The molecule has 3 aromatic carbocycles. The first-order valence-corrected chi connectivity index (χ1v) is 16.2. The van der Waals surface area contributed by atoms with Gasteiger partial charge in [0.2, 0.25) is 10.0 Å². The Kier molecular flexibility index (Phi) is 10.7. The summed E-state index contributed by atoms with van der Waals surface area (Å²) in [5.41, 5.74) is 2.66. The van der Waals surface area contributed by atoms with E-state index in [0.29, 0.717) is 18.4 Å². The molecule has 0 saturated heterocycles. The predicted octanol–water partition coefficient (Wildman–Crippen LogP) is 3.87. The summed E-state index contributed by atoms with van der Waals surface area (Å²) in [4.78, 5) is 10.4. The van der Waals surface area contributed by atoms with E-state index in [1.54, 1.807) is 37.3 Å². The first kappa shape index (κ1) is 30.8. The van der Waals surface area contributed by atoms with Crippen molar-refractivity contribution in [1.82, 2.24) is 5.32 Å². The van der Waals surface area contributed by atoms with Gasteiger partial charge in [-0.1, -0.05) is 55.5 Å². The predicted molar refractivity (Wildman–Crippen MR) is 154 cm³/mol. The Morgan fingerprint density at radius 3 is 2.26 bits per heavy atom. The number of aromatic hydroxyl groups is 1. The van der Waals surface area contributed by atoms with E-state index >= 15 is 0 Å². The van der Waals surface area contributed by atoms with Crippen molar-refractivity contribution in [2.45, 2.75) is 51.4 Å². The molecule has 0 aliphatic carbocycles. The fraction of sp³-hybridized carbons (Fsp3) is 0.357. The Labute approximate surface area is 230 Å². The van der Waals surface area contributed by atoms with Crippen LogP contribution in [0.2, 0.25) is 0 Å². The number of phenolic OH excluding ortho intramolecular Hbond substituents is 1. The van der Waals surface area contributed by atoms with Gasteiger partial charge in [0, 0.05) is 12.6 Å². The van der Waals surface area contributed by atoms with Crippen molar-refractivity contribution in [2.24, 2.45) is 0 Å². The van der Waals surface area contributed by atoms with Crippen molar-refractivity contribution >= 4 is 28.6 Å². The average molecular weight is 577 g/mol. The van der Waals surface area contributed by atoms with Crippen LogP contribution in [0.4, 0.5) is 5.69 Å². The van der Waals surface area contributed by atoms with Crippen LogP contribution in [0.15, 0.2) is 72.8 Å². The number of aliphatic hydroxyl groups excluding tert-OH is 1. The normalized spacial score (nSPS) is 15.7. The van der Waals surface area contributed by atoms with Gasteiger partial charge in [0.05, 0.1) is 29.5 Å². The molecule has 11 heteroatoms. The molecule has 39 heavy (non-hydrogen) atoms. The van der Waals surface area contributed by atoms with Gasteiger partial charge in [0.25, 0.3) is 0 Å². The molecular formula is C28H37N2O7PS. The van der Waals surface area contributed by atoms with E-state index in [2.05, 4.69) is 10.0 Å². The molecule has 0 amide bonds. The number of rotatable bonds is 14. The second kappa shape index (κ2) is 13.6. The van der Waals surface area contributed by atoms with Gasteiger partial charge in [0.1, 0.15) is 5.75 Å². The maximum Gasteiger partial charge on any atom is 0.359 e. The lowest BCUT2D eigenvalue weighted by molar-refractivity contribution is 0.167. The van der Waals surface area contributed by atoms with Gasteiger partial charge in [-0.25, -0.2) is 8.42 Å². The highest BCUT2D eigenvalue weighted by Gasteiger charge is 2.25. The molecular weight excluding hydrogens is 539 g/mol. The van der Waals surface area contributed by atoms with Crippen molar-refractivity contribution in [2.75, 3.05) is 17.5 Å². The van der Waals surface area contributed by atoms with Gasteiger partial charge >= 0.3 is 7.60 Å². The molecule has 9 nitrogen and oxygen atoms in total. The lowest BCUT2D eigenvalue weighted by Crippen LogP contribution is -2.33. The van der Waals surface area contributed by atoms with Gasteiger partial charge in [-0.05, 0) is 67.1 Å². The minimum atomic E-state index is -3.95. The molecule has 0 spiro atoms. The molecule has 3 aromatic rings. The summed E-state index contributed by atoms with van der Waals surface area (Å²) in [6.07, 6.45) is 1.31. The molecule has 0 saturated carbocycles. The van der Waals surface area contributed by atoms with E-state index in [-0.39, 0.29) is 41.9 Å². The molecule has 0 bridgehead atoms. The number of nitrogens with one attached hydrogen (secondary N) is 2. The Bertz CT molecular complexity index is 1370. The Morgan fingerprint density at radius 1 is 0.974 bits per heavy atom. The van der Waals surface area contributed by atoms with Crippen LogP contribution >= 0.6 is 7.60 Å². The zero-order valence-electron chi connectivity index (χ0n) is 22.3. The van der Waals surface area contributed by atoms with Crippen molar-refractivity contribution in [1.29, 1.82) is 0 Å². The largest absolute Gasteiger partial charge is 0.506 e. The first-order valence-electron chi connectivity index (χ1n) is 12.7. The number of anilines is 1. The molecule has 0 heterocycles. The quantitative estimate of drug-likeness (QED) is 0.144. The maximum atomic E-state index is 12.7. The van der Waals surface area contributed by atoms with Gasteiger partial charge in [-0.3, -0.25) is 9.29 Å². The maximum absolute atomic E-state index is 12.7. The minimum Gasteiger partial charge on any atom is -0.506 e. The molecule has 3 rings (SSSR count). The SMILES string of the molecule is CCC(C)OP(=O)(O)c1ccc(C(Cc2ccccc2)NCC(O)Cc2ccc(O)c(NS(C)(=O)=O)c2)cc1. The van der Waals surface area contributed by atoms with E-state index in [4.69, 9.17) is 4.52 Å². The fourth-order valence-electron chi connectivity index (χ4n) is 4.05. The summed E-state index contributed by atoms with van der Waals surface area (Å²) >= 11 is 0. The molecule has 0 aromatic heterocycles. The van der Waals surface area contributed by atoms with E-state index in [9.17, 15) is 28.1 Å². The highest BCUT2D eigenvalue weighted by Crippen LogP contribution is 2.42. The van der Waals surface area contributed by atoms with Crippen LogP contribution in [-0.4, -0.2) is 48.5 Å². The molecule has 212 valence electrons. The Morgan fingerprint density at radius 2 is 1.64 bits per heavy atom. The third-order valence-corrected chi connectivity index (χ3v) is 8.42. The fourth-order valence-corrected chi connectivity index (χ4v) is 5.89. The van der Waals surface area contributed by atoms with Crippen LogP contribution in [0.25, 0.3) is 0 Å².